The predicted octanol–water partition coefficient (Wildman–Crippen LogP) is 2.71. The van der Waals surface area contributed by atoms with E-state index in [1.807, 2.05) is 43.7 Å². The standard InChI is InChI=1S/C21H32N6O2/c1-5-22-21(24-14-20-26-25-15(2)27(20)3)23-13-16-10-11-18(28-4)12-19(16)29-17-8-6-7-9-17/h10-12,17H,5-9,13-14H2,1-4H3,(H2,22,23,24). The Bertz CT molecular complexity index is 827. The number of nitrogens with zero attached hydrogens (tertiary/aromatic N) is 4. The number of hydrogen-bond acceptors (Lipinski definition) is 5. The van der Waals surface area contributed by atoms with Gasteiger partial charge < -0.3 is 24.7 Å². The van der Waals surface area contributed by atoms with Gasteiger partial charge in [0.05, 0.1) is 26.3 Å². The zero-order valence-electron chi connectivity index (χ0n) is 17.9. The van der Waals surface area contributed by atoms with Crippen molar-refractivity contribution in [1.29, 1.82) is 0 Å². The number of aromatic nitrogens is 3. The van der Waals surface area contributed by atoms with Crippen LogP contribution in [0.4, 0.5) is 0 Å². The molecule has 1 saturated carbocycles. The average Bonchev–Trinajstić information content (AvgIpc) is 3.35. The molecule has 3 rings (SSSR count). The van der Waals surface area contributed by atoms with E-state index in [9.17, 15) is 0 Å². The van der Waals surface area contributed by atoms with E-state index < -0.39 is 0 Å². The fraction of sp³-hybridized carbons (Fsp3) is 0.571. The number of aliphatic imine (C=N–C) groups is 1. The zero-order chi connectivity index (χ0) is 20.6. The highest BCUT2D eigenvalue weighted by atomic mass is 16.5. The van der Waals surface area contributed by atoms with Crippen molar-refractivity contribution in [3.8, 4) is 11.5 Å². The van der Waals surface area contributed by atoms with Crippen molar-refractivity contribution in [2.45, 2.75) is 58.7 Å². The van der Waals surface area contributed by atoms with Gasteiger partial charge in [0.25, 0.3) is 0 Å². The molecule has 0 saturated heterocycles. The third-order valence-electron chi connectivity index (χ3n) is 5.22. The summed E-state index contributed by atoms with van der Waals surface area (Å²) in [6.07, 6.45) is 4.98. The molecule has 0 spiro atoms. The number of ether oxygens (including phenoxy) is 2. The van der Waals surface area contributed by atoms with E-state index in [-0.39, 0.29) is 6.10 Å². The van der Waals surface area contributed by atoms with E-state index in [0.717, 1.165) is 54.1 Å². The molecule has 1 aliphatic carbocycles. The minimum atomic E-state index is 0.287. The molecule has 2 N–H and O–H groups in total. The Morgan fingerprint density at radius 2 is 2.03 bits per heavy atom. The summed E-state index contributed by atoms with van der Waals surface area (Å²) in [6, 6.07) is 5.95. The minimum absolute atomic E-state index is 0.287. The van der Waals surface area contributed by atoms with E-state index in [1.54, 1.807) is 7.11 Å². The van der Waals surface area contributed by atoms with Crippen LogP contribution >= 0.6 is 0 Å². The van der Waals surface area contributed by atoms with Crippen molar-refractivity contribution < 1.29 is 9.47 Å². The molecule has 0 bridgehead atoms. The van der Waals surface area contributed by atoms with Crippen molar-refractivity contribution in [2.24, 2.45) is 12.0 Å². The molecular formula is C21H32N6O2. The molecule has 0 unspecified atom stereocenters. The maximum atomic E-state index is 6.28. The summed E-state index contributed by atoms with van der Waals surface area (Å²) in [5.74, 6) is 4.14. The predicted molar refractivity (Wildman–Crippen MR) is 113 cm³/mol. The quantitative estimate of drug-likeness (QED) is 0.523. The van der Waals surface area contributed by atoms with Crippen LogP contribution in [0.1, 0.15) is 49.8 Å². The molecule has 8 nitrogen and oxygen atoms in total. The lowest BCUT2D eigenvalue weighted by Gasteiger charge is -2.17. The van der Waals surface area contributed by atoms with Crippen LogP contribution in [0.3, 0.4) is 0 Å². The number of methoxy groups -OCH3 is 1. The Hall–Kier alpha value is -2.77. The lowest BCUT2D eigenvalue weighted by atomic mass is 10.2. The Morgan fingerprint density at radius 3 is 2.69 bits per heavy atom. The van der Waals surface area contributed by atoms with E-state index in [1.165, 1.54) is 12.8 Å². The number of aryl methyl sites for hydroxylation is 1. The van der Waals surface area contributed by atoms with Gasteiger partial charge in [0, 0.05) is 25.2 Å². The Balaban J connectivity index is 1.71. The first-order valence-corrected chi connectivity index (χ1v) is 10.3. The van der Waals surface area contributed by atoms with Gasteiger partial charge in [-0.05, 0) is 51.7 Å². The van der Waals surface area contributed by atoms with Crippen molar-refractivity contribution in [3.05, 3.63) is 35.4 Å². The second-order valence-corrected chi connectivity index (χ2v) is 7.27. The van der Waals surface area contributed by atoms with Gasteiger partial charge in [-0.15, -0.1) is 10.2 Å². The molecule has 8 heteroatoms. The number of nitrogens with one attached hydrogen (secondary N) is 2. The maximum absolute atomic E-state index is 6.28. The fourth-order valence-corrected chi connectivity index (χ4v) is 3.36. The first kappa shape index (κ1) is 21.0. The molecular weight excluding hydrogens is 368 g/mol. The smallest absolute Gasteiger partial charge is 0.191 e. The summed E-state index contributed by atoms with van der Waals surface area (Å²) in [6.45, 7) is 5.82. The number of guanidine groups is 1. The normalized spacial score (nSPS) is 14.8. The van der Waals surface area contributed by atoms with Gasteiger partial charge in [-0.25, -0.2) is 4.99 Å². The first-order chi connectivity index (χ1) is 14.1. The van der Waals surface area contributed by atoms with Gasteiger partial charge in [-0.2, -0.15) is 0 Å². The molecule has 1 heterocycles. The number of rotatable bonds is 8. The lowest BCUT2D eigenvalue weighted by molar-refractivity contribution is 0.207. The van der Waals surface area contributed by atoms with Crippen LogP contribution in [-0.4, -0.2) is 40.5 Å². The lowest BCUT2D eigenvalue weighted by Crippen LogP contribution is -2.37. The van der Waals surface area contributed by atoms with Gasteiger partial charge in [0.15, 0.2) is 11.8 Å². The van der Waals surface area contributed by atoms with Crippen molar-refractivity contribution in [1.82, 2.24) is 25.4 Å². The van der Waals surface area contributed by atoms with Gasteiger partial charge in [0.2, 0.25) is 0 Å². The first-order valence-electron chi connectivity index (χ1n) is 10.3. The molecule has 1 aliphatic rings. The second kappa shape index (κ2) is 10.1. The topological polar surface area (TPSA) is 85.6 Å². The van der Waals surface area contributed by atoms with E-state index >= 15 is 0 Å². The Kier molecular flexibility index (Phi) is 7.32. The molecule has 0 radical (unpaired) electrons. The second-order valence-electron chi connectivity index (χ2n) is 7.27. The molecule has 0 amide bonds. The SMILES string of the molecule is CCNC(=NCc1ccc(OC)cc1OC1CCCC1)NCc1nnc(C)n1C. The Morgan fingerprint density at radius 1 is 1.24 bits per heavy atom. The summed E-state index contributed by atoms with van der Waals surface area (Å²) in [5, 5.41) is 14.9. The van der Waals surface area contributed by atoms with Crippen LogP contribution in [0.5, 0.6) is 11.5 Å². The van der Waals surface area contributed by atoms with Crippen molar-refractivity contribution in [2.75, 3.05) is 13.7 Å². The van der Waals surface area contributed by atoms with Crippen LogP contribution in [0.2, 0.25) is 0 Å². The molecule has 1 aromatic carbocycles. The zero-order valence-corrected chi connectivity index (χ0v) is 17.9. The molecule has 0 aliphatic heterocycles. The molecule has 29 heavy (non-hydrogen) atoms. The summed E-state index contributed by atoms with van der Waals surface area (Å²) in [4.78, 5) is 4.74. The highest BCUT2D eigenvalue weighted by Gasteiger charge is 2.18. The fourth-order valence-electron chi connectivity index (χ4n) is 3.36. The van der Waals surface area contributed by atoms with Crippen LogP contribution < -0.4 is 20.1 Å². The van der Waals surface area contributed by atoms with Gasteiger partial charge in [-0.3, -0.25) is 0 Å². The summed E-state index contributed by atoms with van der Waals surface area (Å²) < 4.78 is 13.6. The summed E-state index contributed by atoms with van der Waals surface area (Å²) >= 11 is 0. The molecule has 158 valence electrons. The van der Waals surface area contributed by atoms with Gasteiger partial charge >= 0.3 is 0 Å². The molecule has 0 atom stereocenters. The third kappa shape index (κ3) is 5.62. The molecule has 1 fully saturated rings. The minimum Gasteiger partial charge on any atom is -0.497 e. The average molecular weight is 401 g/mol. The summed E-state index contributed by atoms with van der Waals surface area (Å²) in [5.41, 5.74) is 1.05. The monoisotopic (exact) mass is 400 g/mol. The van der Waals surface area contributed by atoms with Gasteiger partial charge in [-0.1, -0.05) is 0 Å². The van der Waals surface area contributed by atoms with Crippen LogP contribution in [0.15, 0.2) is 23.2 Å². The highest BCUT2D eigenvalue weighted by Crippen LogP contribution is 2.30. The Labute approximate surface area is 172 Å². The molecule has 2 aromatic rings. The van der Waals surface area contributed by atoms with Crippen LogP contribution in [-0.2, 0) is 20.1 Å². The van der Waals surface area contributed by atoms with E-state index in [0.29, 0.717) is 13.1 Å². The van der Waals surface area contributed by atoms with Crippen molar-refractivity contribution in [3.63, 3.8) is 0 Å². The maximum Gasteiger partial charge on any atom is 0.191 e. The van der Waals surface area contributed by atoms with Gasteiger partial charge in [0.1, 0.15) is 17.3 Å². The number of hydrogen-bond donors (Lipinski definition) is 2. The van der Waals surface area contributed by atoms with E-state index in [2.05, 4.69) is 20.8 Å². The summed E-state index contributed by atoms with van der Waals surface area (Å²) in [7, 11) is 3.63. The van der Waals surface area contributed by atoms with Crippen LogP contribution in [0, 0.1) is 6.92 Å². The highest BCUT2D eigenvalue weighted by molar-refractivity contribution is 5.79. The third-order valence-corrected chi connectivity index (χ3v) is 5.22. The number of benzene rings is 1. The molecule has 1 aromatic heterocycles. The largest absolute Gasteiger partial charge is 0.497 e. The van der Waals surface area contributed by atoms with Crippen molar-refractivity contribution >= 4 is 5.96 Å². The van der Waals surface area contributed by atoms with E-state index in [4.69, 9.17) is 14.5 Å². The van der Waals surface area contributed by atoms with Crippen LogP contribution in [0.25, 0.3) is 0 Å².